The van der Waals surface area contributed by atoms with E-state index in [-0.39, 0.29) is 4.66 Å². The van der Waals surface area contributed by atoms with Gasteiger partial charge in [0.25, 0.3) is 0 Å². The van der Waals surface area contributed by atoms with Crippen LogP contribution in [0.4, 0.5) is 5.69 Å². The molecule has 0 aromatic heterocycles. The Hall–Kier alpha value is -1.15. The monoisotopic (exact) mass is 339 g/mol. The number of anilines is 1. The van der Waals surface area contributed by atoms with E-state index in [0.717, 1.165) is 0 Å². The van der Waals surface area contributed by atoms with Gasteiger partial charge in [-0.2, -0.15) is 0 Å². The van der Waals surface area contributed by atoms with Crippen LogP contribution < -0.4 is 18.9 Å². The minimum atomic E-state index is -3.43. The molecule has 0 aliphatic carbocycles. The smallest absolute Gasteiger partial charge is 0.242 e. The van der Waals surface area contributed by atoms with Gasteiger partial charge < -0.3 is 14.2 Å². The van der Waals surface area contributed by atoms with Crippen LogP contribution in [-0.2, 0) is 10.0 Å². The van der Waals surface area contributed by atoms with E-state index in [2.05, 4.69) is 20.7 Å². The lowest BCUT2D eigenvalue weighted by atomic mass is 10.2. The van der Waals surface area contributed by atoms with Crippen molar-refractivity contribution in [3.05, 3.63) is 12.1 Å². The van der Waals surface area contributed by atoms with Gasteiger partial charge in [0, 0.05) is 12.1 Å². The Balaban J connectivity index is 3.23. The molecule has 0 aliphatic rings. The average molecular weight is 340 g/mol. The summed E-state index contributed by atoms with van der Waals surface area (Å²) < 4.78 is 40.4. The van der Waals surface area contributed by atoms with Gasteiger partial charge in [0.15, 0.2) is 11.5 Å². The van der Waals surface area contributed by atoms with E-state index in [1.807, 2.05) is 0 Å². The molecular weight excluding hydrogens is 326 g/mol. The number of methoxy groups -OCH3 is 3. The molecule has 1 N–H and O–H groups in total. The normalized spacial score (nSPS) is 10.9. The van der Waals surface area contributed by atoms with Gasteiger partial charge in [0.2, 0.25) is 15.8 Å². The summed E-state index contributed by atoms with van der Waals surface area (Å²) in [7, 11) is 0.964. The van der Waals surface area contributed by atoms with Crippen LogP contribution in [0.3, 0.4) is 0 Å². The number of nitrogens with one attached hydrogen (secondary N) is 1. The Morgan fingerprint density at radius 1 is 1.11 bits per heavy atom. The lowest BCUT2D eigenvalue weighted by Crippen LogP contribution is -2.13. The Kier molecular flexibility index (Phi) is 5.09. The van der Waals surface area contributed by atoms with Crippen molar-refractivity contribution in [1.82, 2.24) is 0 Å². The van der Waals surface area contributed by atoms with Gasteiger partial charge in [-0.3, -0.25) is 4.72 Å². The molecule has 0 saturated carbocycles. The van der Waals surface area contributed by atoms with E-state index < -0.39 is 10.0 Å². The van der Waals surface area contributed by atoms with E-state index in [1.165, 1.54) is 33.5 Å². The fourth-order valence-electron chi connectivity index (χ4n) is 1.35. The summed E-state index contributed by atoms with van der Waals surface area (Å²) in [4.78, 5) is 0. The maximum Gasteiger partial charge on any atom is 0.242 e. The Morgan fingerprint density at radius 2 is 1.61 bits per heavy atom. The molecule has 102 valence electrons. The summed E-state index contributed by atoms with van der Waals surface area (Å²) in [5.74, 6) is 1.16. The first kappa shape index (κ1) is 14.9. The van der Waals surface area contributed by atoms with Crippen molar-refractivity contribution in [2.45, 2.75) is 0 Å². The third-order valence-corrected chi connectivity index (χ3v) is 4.72. The first-order chi connectivity index (χ1) is 8.47. The summed E-state index contributed by atoms with van der Waals surface area (Å²) in [6, 6.07) is 3.03. The molecule has 0 saturated heterocycles. The molecule has 0 fully saturated rings. The van der Waals surface area contributed by atoms with Crippen LogP contribution in [-0.4, -0.2) is 34.4 Å². The van der Waals surface area contributed by atoms with Crippen LogP contribution in [0.15, 0.2) is 12.1 Å². The zero-order valence-corrected chi connectivity index (χ0v) is 12.6. The highest BCUT2D eigenvalue weighted by molar-refractivity contribution is 9.10. The summed E-state index contributed by atoms with van der Waals surface area (Å²) in [6.45, 7) is 0. The van der Waals surface area contributed by atoms with Gasteiger partial charge in [-0.25, -0.2) is 8.42 Å². The topological polar surface area (TPSA) is 73.9 Å². The molecule has 0 unspecified atom stereocenters. The number of hydrogen-bond acceptors (Lipinski definition) is 5. The first-order valence-electron chi connectivity index (χ1n) is 4.84. The molecule has 18 heavy (non-hydrogen) atoms. The Bertz CT molecular complexity index is 492. The lowest BCUT2D eigenvalue weighted by Gasteiger charge is -2.14. The highest BCUT2D eigenvalue weighted by Crippen LogP contribution is 2.40. The summed E-state index contributed by atoms with van der Waals surface area (Å²) in [6.07, 6.45) is 0. The van der Waals surface area contributed by atoms with Crippen molar-refractivity contribution >= 4 is 31.6 Å². The maximum absolute atomic E-state index is 11.5. The second-order valence-corrected chi connectivity index (χ2v) is 6.27. The summed E-state index contributed by atoms with van der Waals surface area (Å²) in [5.41, 5.74) is 0.337. The SMILES string of the molecule is COc1cc(NS(=O)(=O)CBr)cc(OC)c1OC. The van der Waals surface area contributed by atoms with Gasteiger partial charge in [0.05, 0.1) is 27.0 Å². The van der Waals surface area contributed by atoms with Crippen molar-refractivity contribution in [3.8, 4) is 17.2 Å². The zero-order valence-electron chi connectivity index (χ0n) is 10.2. The number of benzene rings is 1. The minimum absolute atomic E-state index is 0.198. The number of rotatable bonds is 6. The summed E-state index contributed by atoms with van der Waals surface area (Å²) >= 11 is 2.89. The Morgan fingerprint density at radius 3 is 1.94 bits per heavy atom. The predicted octanol–water partition coefficient (Wildman–Crippen LogP) is 1.81. The van der Waals surface area contributed by atoms with Crippen molar-refractivity contribution < 1.29 is 22.6 Å². The van der Waals surface area contributed by atoms with Crippen LogP contribution >= 0.6 is 15.9 Å². The van der Waals surface area contributed by atoms with Crippen LogP contribution in [0.5, 0.6) is 17.2 Å². The number of halogens is 1. The standard InChI is InChI=1S/C10H14BrNO5S/c1-15-8-4-7(12-18(13,14)6-11)5-9(16-2)10(8)17-3/h4-5,12H,6H2,1-3H3. The van der Waals surface area contributed by atoms with Crippen molar-refractivity contribution in [3.63, 3.8) is 0 Å². The van der Waals surface area contributed by atoms with Gasteiger partial charge in [-0.1, -0.05) is 15.9 Å². The fourth-order valence-corrected chi connectivity index (χ4v) is 2.22. The molecule has 0 spiro atoms. The van der Waals surface area contributed by atoms with Gasteiger partial charge in [0.1, 0.15) is 4.66 Å². The van der Waals surface area contributed by atoms with E-state index >= 15 is 0 Å². The lowest BCUT2D eigenvalue weighted by molar-refractivity contribution is 0.325. The van der Waals surface area contributed by atoms with Gasteiger partial charge >= 0.3 is 0 Å². The molecule has 1 aromatic rings. The maximum atomic E-state index is 11.5. The third-order valence-electron chi connectivity index (χ3n) is 2.08. The highest BCUT2D eigenvalue weighted by Gasteiger charge is 2.16. The molecule has 0 radical (unpaired) electrons. The van der Waals surface area contributed by atoms with Crippen LogP contribution in [0.2, 0.25) is 0 Å². The number of ether oxygens (including phenoxy) is 3. The second-order valence-electron chi connectivity index (χ2n) is 3.24. The van der Waals surface area contributed by atoms with Crippen LogP contribution in [0, 0.1) is 0 Å². The average Bonchev–Trinajstić information content (AvgIpc) is 2.37. The minimum Gasteiger partial charge on any atom is -0.493 e. The Labute approximate surface area is 114 Å². The van der Waals surface area contributed by atoms with Crippen molar-refractivity contribution in [1.29, 1.82) is 0 Å². The number of alkyl halides is 1. The van der Waals surface area contributed by atoms with E-state index in [0.29, 0.717) is 22.9 Å². The number of hydrogen-bond donors (Lipinski definition) is 1. The number of sulfonamides is 1. The molecular formula is C10H14BrNO5S. The second kappa shape index (κ2) is 6.14. The van der Waals surface area contributed by atoms with Crippen molar-refractivity contribution in [2.75, 3.05) is 30.7 Å². The van der Waals surface area contributed by atoms with E-state index in [4.69, 9.17) is 14.2 Å². The molecule has 1 aromatic carbocycles. The van der Waals surface area contributed by atoms with Gasteiger partial charge in [-0.15, -0.1) is 0 Å². The highest BCUT2D eigenvalue weighted by atomic mass is 79.9. The predicted molar refractivity (Wildman–Crippen MR) is 72.4 cm³/mol. The van der Waals surface area contributed by atoms with E-state index in [9.17, 15) is 8.42 Å². The fraction of sp³-hybridized carbons (Fsp3) is 0.400. The quantitative estimate of drug-likeness (QED) is 0.800. The molecule has 0 atom stereocenters. The molecule has 0 amide bonds. The molecule has 0 heterocycles. The largest absolute Gasteiger partial charge is 0.493 e. The first-order valence-corrected chi connectivity index (χ1v) is 7.61. The van der Waals surface area contributed by atoms with Gasteiger partial charge in [-0.05, 0) is 0 Å². The molecule has 1 rings (SSSR count). The van der Waals surface area contributed by atoms with Crippen LogP contribution in [0.1, 0.15) is 0 Å². The molecule has 8 heteroatoms. The van der Waals surface area contributed by atoms with Crippen LogP contribution in [0.25, 0.3) is 0 Å². The van der Waals surface area contributed by atoms with E-state index in [1.54, 1.807) is 0 Å². The van der Waals surface area contributed by atoms with Crippen molar-refractivity contribution in [2.24, 2.45) is 0 Å². The third kappa shape index (κ3) is 3.42. The molecule has 6 nitrogen and oxygen atoms in total. The zero-order chi connectivity index (χ0) is 13.8. The molecule has 0 bridgehead atoms. The summed E-state index contributed by atoms with van der Waals surface area (Å²) in [5, 5.41) is 0. The molecule has 0 aliphatic heterocycles.